The van der Waals surface area contributed by atoms with Crippen LogP contribution in [0.3, 0.4) is 0 Å². The van der Waals surface area contributed by atoms with Crippen molar-refractivity contribution in [1.29, 1.82) is 0 Å². The number of aliphatic hydroxyl groups excluding tert-OH is 1. The van der Waals surface area contributed by atoms with Gasteiger partial charge in [-0.2, -0.15) is 0 Å². The molecule has 0 aromatic carbocycles. The Morgan fingerprint density at radius 3 is 2.46 bits per heavy atom. The van der Waals surface area contributed by atoms with Crippen LogP contribution >= 0.6 is 0 Å². The maximum Gasteiger partial charge on any atom is 0.169 e. The number of hydrogen-bond donors (Lipinski definition) is 2. The highest BCUT2D eigenvalue weighted by molar-refractivity contribution is 4.80. The zero-order valence-electron chi connectivity index (χ0n) is 8.79. The van der Waals surface area contributed by atoms with Crippen LogP contribution in [0.15, 0.2) is 0 Å². The molecule has 3 atom stereocenters. The summed E-state index contributed by atoms with van der Waals surface area (Å²) in [7, 11) is 1.54. The molecular weight excluding hydrogens is 166 g/mol. The van der Waals surface area contributed by atoms with Gasteiger partial charge >= 0.3 is 0 Å². The zero-order valence-corrected chi connectivity index (χ0v) is 8.79. The van der Waals surface area contributed by atoms with E-state index in [2.05, 4.69) is 19.2 Å². The SMILES string of the molecule is COC(O)[C@@H]1CC[C@H](C(C)C)CN1. The fraction of sp³-hybridized carbons (Fsp3) is 1.00. The van der Waals surface area contributed by atoms with Crippen molar-refractivity contribution in [3.8, 4) is 0 Å². The normalized spacial score (nSPS) is 32.1. The lowest BCUT2D eigenvalue weighted by atomic mass is 9.86. The summed E-state index contributed by atoms with van der Waals surface area (Å²) in [5, 5.41) is 12.7. The molecule has 0 aliphatic carbocycles. The number of ether oxygens (including phenoxy) is 1. The molecule has 1 aliphatic heterocycles. The Morgan fingerprint density at radius 1 is 1.38 bits per heavy atom. The highest BCUT2D eigenvalue weighted by atomic mass is 16.6. The van der Waals surface area contributed by atoms with Gasteiger partial charge in [-0.05, 0) is 31.2 Å². The van der Waals surface area contributed by atoms with E-state index >= 15 is 0 Å². The molecule has 0 amide bonds. The van der Waals surface area contributed by atoms with Crippen molar-refractivity contribution in [2.45, 2.75) is 39.0 Å². The predicted octanol–water partition coefficient (Wildman–Crippen LogP) is 0.975. The minimum atomic E-state index is -0.645. The molecule has 1 saturated heterocycles. The molecule has 1 unspecified atom stereocenters. The summed E-state index contributed by atoms with van der Waals surface area (Å²) < 4.78 is 4.88. The van der Waals surface area contributed by atoms with Crippen LogP contribution in [0.2, 0.25) is 0 Å². The Balaban J connectivity index is 2.30. The molecule has 1 aliphatic rings. The van der Waals surface area contributed by atoms with Crippen molar-refractivity contribution in [1.82, 2.24) is 5.32 Å². The molecule has 1 rings (SSSR count). The van der Waals surface area contributed by atoms with Gasteiger partial charge in [0.2, 0.25) is 0 Å². The maximum absolute atomic E-state index is 9.42. The lowest BCUT2D eigenvalue weighted by molar-refractivity contribution is -0.104. The monoisotopic (exact) mass is 187 g/mol. The van der Waals surface area contributed by atoms with Crippen LogP contribution < -0.4 is 5.32 Å². The summed E-state index contributed by atoms with van der Waals surface area (Å²) in [6, 6.07) is 0.125. The average Bonchev–Trinajstić information content (AvgIpc) is 2.17. The molecule has 0 aromatic heterocycles. The van der Waals surface area contributed by atoms with E-state index in [0.29, 0.717) is 0 Å². The Bertz CT molecular complexity index is 142. The topological polar surface area (TPSA) is 41.5 Å². The van der Waals surface area contributed by atoms with Gasteiger partial charge in [0, 0.05) is 7.11 Å². The number of hydrogen-bond acceptors (Lipinski definition) is 3. The van der Waals surface area contributed by atoms with E-state index in [4.69, 9.17) is 4.74 Å². The summed E-state index contributed by atoms with van der Waals surface area (Å²) in [5.74, 6) is 1.48. The van der Waals surface area contributed by atoms with Crippen molar-refractivity contribution in [3.63, 3.8) is 0 Å². The number of piperidine rings is 1. The molecule has 3 nitrogen and oxygen atoms in total. The Morgan fingerprint density at radius 2 is 2.08 bits per heavy atom. The van der Waals surface area contributed by atoms with Crippen molar-refractivity contribution in [2.24, 2.45) is 11.8 Å². The van der Waals surface area contributed by atoms with Crippen molar-refractivity contribution >= 4 is 0 Å². The molecule has 1 fully saturated rings. The third-order valence-corrected chi connectivity index (χ3v) is 3.02. The summed E-state index contributed by atoms with van der Waals surface area (Å²) in [4.78, 5) is 0. The third-order valence-electron chi connectivity index (χ3n) is 3.02. The first-order valence-electron chi connectivity index (χ1n) is 5.09. The van der Waals surface area contributed by atoms with Crippen LogP contribution in [0.5, 0.6) is 0 Å². The van der Waals surface area contributed by atoms with Crippen LogP contribution in [0.25, 0.3) is 0 Å². The summed E-state index contributed by atoms with van der Waals surface area (Å²) >= 11 is 0. The highest BCUT2D eigenvalue weighted by Crippen LogP contribution is 2.22. The molecule has 13 heavy (non-hydrogen) atoms. The molecular formula is C10H21NO2. The van der Waals surface area contributed by atoms with Crippen LogP contribution in [0, 0.1) is 11.8 Å². The number of nitrogens with one attached hydrogen (secondary N) is 1. The maximum atomic E-state index is 9.42. The summed E-state index contributed by atoms with van der Waals surface area (Å²) in [6.45, 7) is 5.50. The molecule has 0 aromatic rings. The Hall–Kier alpha value is -0.120. The first kappa shape index (κ1) is 11.0. The molecule has 0 saturated carbocycles. The van der Waals surface area contributed by atoms with Gasteiger partial charge in [-0.3, -0.25) is 0 Å². The van der Waals surface area contributed by atoms with Gasteiger partial charge in [0.05, 0.1) is 6.04 Å². The minimum absolute atomic E-state index is 0.125. The Kier molecular flexibility index (Phi) is 4.16. The standard InChI is InChI=1S/C10H21NO2/c1-7(2)8-4-5-9(11-6-8)10(12)13-3/h7-12H,4-6H2,1-3H3/t8-,9-,10?/m0/s1. The highest BCUT2D eigenvalue weighted by Gasteiger charge is 2.26. The second kappa shape index (κ2) is 4.94. The first-order chi connectivity index (χ1) is 6.15. The van der Waals surface area contributed by atoms with Gasteiger partial charge in [-0.1, -0.05) is 13.8 Å². The van der Waals surface area contributed by atoms with E-state index in [9.17, 15) is 5.11 Å². The van der Waals surface area contributed by atoms with Crippen molar-refractivity contribution in [3.05, 3.63) is 0 Å². The quantitative estimate of drug-likeness (QED) is 0.647. The lowest BCUT2D eigenvalue weighted by Crippen LogP contribution is -2.47. The molecule has 3 heteroatoms. The van der Waals surface area contributed by atoms with Gasteiger partial charge in [0.15, 0.2) is 6.29 Å². The van der Waals surface area contributed by atoms with Crippen LogP contribution in [0.4, 0.5) is 0 Å². The van der Waals surface area contributed by atoms with Gasteiger partial charge in [-0.25, -0.2) is 0 Å². The fourth-order valence-corrected chi connectivity index (χ4v) is 1.88. The van der Waals surface area contributed by atoms with Crippen molar-refractivity contribution in [2.75, 3.05) is 13.7 Å². The molecule has 0 spiro atoms. The van der Waals surface area contributed by atoms with E-state index in [1.54, 1.807) is 7.11 Å². The minimum Gasteiger partial charge on any atom is -0.367 e. The average molecular weight is 187 g/mol. The number of methoxy groups -OCH3 is 1. The van der Waals surface area contributed by atoms with Gasteiger partial charge < -0.3 is 15.2 Å². The van der Waals surface area contributed by atoms with E-state index < -0.39 is 6.29 Å². The lowest BCUT2D eigenvalue weighted by Gasteiger charge is -2.33. The number of rotatable bonds is 3. The summed E-state index contributed by atoms with van der Waals surface area (Å²) in [5.41, 5.74) is 0. The van der Waals surface area contributed by atoms with Crippen LogP contribution in [-0.4, -0.2) is 31.1 Å². The number of aliphatic hydroxyl groups is 1. The molecule has 0 bridgehead atoms. The molecule has 78 valence electrons. The second-order valence-electron chi connectivity index (χ2n) is 4.22. The molecule has 0 radical (unpaired) electrons. The third kappa shape index (κ3) is 2.93. The largest absolute Gasteiger partial charge is 0.367 e. The smallest absolute Gasteiger partial charge is 0.169 e. The van der Waals surface area contributed by atoms with Crippen LogP contribution in [0.1, 0.15) is 26.7 Å². The van der Waals surface area contributed by atoms with Gasteiger partial charge in [-0.15, -0.1) is 0 Å². The first-order valence-corrected chi connectivity index (χ1v) is 5.09. The van der Waals surface area contributed by atoms with E-state index in [-0.39, 0.29) is 6.04 Å². The molecule has 2 N–H and O–H groups in total. The predicted molar refractivity (Wildman–Crippen MR) is 52.4 cm³/mol. The van der Waals surface area contributed by atoms with Crippen molar-refractivity contribution < 1.29 is 9.84 Å². The Labute approximate surface area is 80.5 Å². The fourth-order valence-electron chi connectivity index (χ4n) is 1.88. The van der Waals surface area contributed by atoms with E-state index in [1.165, 1.54) is 6.42 Å². The van der Waals surface area contributed by atoms with E-state index in [1.807, 2.05) is 0 Å². The van der Waals surface area contributed by atoms with E-state index in [0.717, 1.165) is 24.8 Å². The zero-order chi connectivity index (χ0) is 9.84. The van der Waals surface area contributed by atoms with Gasteiger partial charge in [0.1, 0.15) is 0 Å². The van der Waals surface area contributed by atoms with Crippen LogP contribution in [-0.2, 0) is 4.74 Å². The van der Waals surface area contributed by atoms with Gasteiger partial charge in [0.25, 0.3) is 0 Å². The summed E-state index contributed by atoms with van der Waals surface area (Å²) in [6.07, 6.45) is 1.56. The molecule has 1 heterocycles. The second-order valence-corrected chi connectivity index (χ2v) is 4.22.